The van der Waals surface area contributed by atoms with Gasteiger partial charge in [0.25, 0.3) is 0 Å². The molecule has 1 atom stereocenters. The van der Waals surface area contributed by atoms with Crippen LogP contribution in [0.4, 0.5) is 5.69 Å². The first-order valence-corrected chi connectivity index (χ1v) is 8.04. The van der Waals surface area contributed by atoms with Gasteiger partial charge in [-0.05, 0) is 61.8 Å². The van der Waals surface area contributed by atoms with Crippen LogP contribution < -0.4 is 15.8 Å². The minimum absolute atomic E-state index is 0.257. The Morgan fingerprint density at radius 1 is 1.09 bits per heavy atom. The third-order valence-corrected chi connectivity index (χ3v) is 4.32. The van der Waals surface area contributed by atoms with Gasteiger partial charge in [-0.25, -0.2) is 5.43 Å². The molecule has 0 spiro atoms. The van der Waals surface area contributed by atoms with Crippen LogP contribution in [-0.4, -0.2) is 10.8 Å². The molecule has 3 nitrogen and oxygen atoms in total. The summed E-state index contributed by atoms with van der Waals surface area (Å²) in [6.45, 7) is 2.12. The van der Waals surface area contributed by atoms with E-state index in [1.54, 1.807) is 0 Å². The number of aryl methyl sites for hydroxylation is 1. The van der Waals surface area contributed by atoms with Gasteiger partial charge < -0.3 is 5.32 Å². The molecule has 0 aromatic heterocycles. The van der Waals surface area contributed by atoms with E-state index in [1.807, 2.05) is 35.3 Å². The summed E-state index contributed by atoms with van der Waals surface area (Å²) >= 11 is 11.4. The predicted molar refractivity (Wildman–Crippen MR) is 96.0 cm³/mol. The Bertz CT molecular complexity index is 659. The number of hydrazine groups is 1. The average molecular weight is 332 g/mol. The lowest BCUT2D eigenvalue weighted by Gasteiger charge is -2.25. The van der Waals surface area contributed by atoms with E-state index in [4.69, 9.17) is 23.8 Å². The van der Waals surface area contributed by atoms with E-state index in [9.17, 15) is 0 Å². The third kappa shape index (κ3) is 3.40. The molecule has 1 fully saturated rings. The molecule has 5 heteroatoms. The fourth-order valence-electron chi connectivity index (χ4n) is 2.55. The van der Waals surface area contributed by atoms with E-state index >= 15 is 0 Å². The number of rotatable bonds is 4. The first-order valence-electron chi connectivity index (χ1n) is 7.25. The minimum Gasteiger partial charge on any atom is -0.342 e. The Morgan fingerprint density at radius 2 is 1.77 bits per heavy atom. The highest BCUT2D eigenvalue weighted by molar-refractivity contribution is 7.80. The molecule has 114 valence electrons. The molecule has 3 rings (SSSR count). The molecular weight excluding hydrogens is 314 g/mol. The van der Waals surface area contributed by atoms with Gasteiger partial charge in [0, 0.05) is 5.02 Å². The summed E-state index contributed by atoms with van der Waals surface area (Å²) in [7, 11) is 0. The van der Waals surface area contributed by atoms with Crippen LogP contribution in [0.5, 0.6) is 0 Å². The van der Waals surface area contributed by atoms with Crippen LogP contribution in [-0.2, 0) is 6.42 Å². The number of hydrogen-bond acceptors (Lipinski definition) is 2. The van der Waals surface area contributed by atoms with Crippen molar-refractivity contribution in [2.45, 2.75) is 25.4 Å². The Morgan fingerprint density at radius 3 is 2.45 bits per heavy atom. The normalized spacial score (nSPS) is 21.0. The predicted octanol–water partition coefficient (Wildman–Crippen LogP) is 3.89. The van der Waals surface area contributed by atoms with Crippen molar-refractivity contribution in [3.63, 3.8) is 0 Å². The number of thiocarbonyl (C=S) groups is 1. The second kappa shape index (κ2) is 6.24. The highest BCUT2D eigenvalue weighted by Gasteiger charge is 2.36. The SMILES string of the molecule is C[C@]1(CCc2ccccc2)NC(=S)N(c2ccc(Cl)cc2)N1. The lowest BCUT2D eigenvalue weighted by Crippen LogP contribution is -2.48. The zero-order valence-electron chi connectivity index (χ0n) is 12.3. The van der Waals surface area contributed by atoms with E-state index in [0.717, 1.165) is 18.5 Å². The van der Waals surface area contributed by atoms with Crippen molar-refractivity contribution in [2.75, 3.05) is 5.01 Å². The first-order chi connectivity index (χ1) is 10.6. The molecular formula is C17H18ClN3S. The zero-order valence-corrected chi connectivity index (χ0v) is 13.9. The fraction of sp³-hybridized carbons (Fsp3) is 0.235. The highest BCUT2D eigenvalue weighted by Crippen LogP contribution is 2.23. The van der Waals surface area contributed by atoms with Crippen molar-refractivity contribution in [3.8, 4) is 0 Å². The van der Waals surface area contributed by atoms with Crippen molar-refractivity contribution in [1.82, 2.24) is 10.7 Å². The van der Waals surface area contributed by atoms with Crippen LogP contribution >= 0.6 is 23.8 Å². The largest absolute Gasteiger partial charge is 0.342 e. The maximum absolute atomic E-state index is 5.94. The Labute approximate surface area is 141 Å². The second-order valence-electron chi connectivity index (χ2n) is 5.67. The average Bonchev–Trinajstić information content (AvgIpc) is 2.83. The van der Waals surface area contributed by atoms with Crippen molar-refractivity contribution in [2.24, 2.45) is 0 Å². The first kappa shape index (κ1) is 15.3. The van der Waals surface area contributed by atoms with Crippen LogP contribution in [0.2, 0.25) is 5.02 Å². The van der Waals surface area contributed by atoms with Crippen LogP contribution in [0.25, 0.3) is 0 Å². The van der Waals surface area contributed by atoms with Gasteiger partial charge in [0.1, 0.15) is 5.66 Å². The lowest BCUT2D eigenvalue weighted by molar-refractivity contribution is 0.348. The van der Waals surface area contributed by atoms with Crippen molar-refractivity contribution in [1.29, 1.82) is 0 Å². The van der Waals surface area contributed by atoms with Crippen LogP contribution in [0.3, 0.4) is 0 Å². The molecule has 1 aliphatic heterocycles. The maximum Gasteiger partial charge on any atom is 0.189 e. The molecule has 0 bridgehead atoms. The maximum atomic E-state index is 5.94. The molecule has 1 aliphatic rings. The highest BCUT2D eigenvalue weighted by atomic mass is 35.5. The molecule has 0 saturated carbocycles. The fourth-order valence-corrected chi connectivity index (χ4v) is 3.05. The summed E-state index contributed by atoms with van der Waals surface area (Å²) in [5, 5.41) is 6.67. The number of nitrogens with one attached hydrogen (secondary N) is 2. The second-order valence-corrected chi connectivity index (χ2v) is 6.49. The number of hydrogen-bond donors (Lipinski definition) is 2. The molecule has 2 aromatic rings. The summed E-state index contributed by atoms with van der Waals surface area (Å²) in [6, 6.07) is 18.1. The van der Waals surface area contributed by atoms with E-state index in [-0.39, 0.29) is 5.66 Å². The van der Waals surface area contributed by atoms with Gasteiger partial charge >= 0.3 is 0 Å². The summed E-state index contributed by atoms with van der Waals surface area (Å²) in [6.07, 6.45) is 1.91. The van der Waals surface area contributed by atoms with Crippen LogP contribution in [0.1, 0.15) is 18.9 Å². The van der Waals surface area contributed by atoms with Gasteiger partial charge in [-0.3, -0.25) is 5.01 Å². The number of nitrogens with zero attached hydrogens (tertiary/aromatic N) is 1. The van der Waals surface area contributed by atoms with Crippen molar-refractivity contribution >= 4 is 34.6 Å². The van der Waals surface area contributed by atoms with Gasteiger partial charge in [-0.1, -0.05) is 41.9 Å². The molecule has 0 unspecified atom stereocenters. The van der Waals surface area contributed by atoms with Crippen LogP contribution in [0, 0.1) is 0 Å². The molecule has 22 heavy (non-hydrogen) atoms. The molecule has 0 amide bonds. The molecule has 2 N–H and O–H groups in total. The number of halogens is 1. The number of anilines is 1. The van der Waals surface area contributed by atoms with Gasteiger partial charge in [-0.15, -0.1) is 0 Å². The molecule has 2 aromatic carbocycles. The van der Waals surface area contributed by atoms with Crippen molar-refractivity contribution in [3.05, 3.63) is 65.2 Å². The molecule has 1 saturated heterocycles. The number of benzene rings is 2. The summed E-state index contributed by atoms with van der Waals surface area (Å²) in [4.78, 5) is 0. The smallest absolute Gasteiger partial charge is 0.189 e. The van der Waals surface area contributed by atoms with E-state index in [1.165, 1.54) is 5.56 Å². The Kier molecular flexibility index (Phi) is 4.34. The lowest BCUT2D eigenvalue weighted by atomic mass is 10.0. The summed E-state index contributed by atoms with van der Waals surface area (Å²) < 4.78 is 0. The van der Waals surface area contributed by atoms with Crippen molar-refractivity contribution < 1.29 is 0 Å². The quantitative estimate of drug-likeness (QED) is 0.831. The molecule has 1 heterocycles. The standard InChI is InChI=1S/C17H18ClN3S/c1-17(12-11-13-5-3-2-4-6-13)19-16(22)21(20-17)15-9-7-14(18)8-10-15/h2-10,20H,11-12H2,1H3,(H,19,22)/t17-/m0/s1. The van der Waals surface area contributed by atoms with Gasteiger partial charge in [-0.2, -0.15) is 0 Å². The van der Waals surface area contributed by atoms with Gasteiger partial charge in [0.2, 0.25) is 0 Å². The zero-order chi connectivity index (χ0) is 15.6. The van der Waals surface area contributed by atoms with Gasteiger partial charge in [0.05, 0.1) is 5.69 Å². The Balaban J connectivity index is 1.68. The van der Waals surface area contributed by atoms with E-state index in [0.29, 0.717) is 10.1 Å². The third-order valence-electron chi connectivity index (χ3n) is 3.79. The van der Waals surface area contributed by atoms with Gasteiger partial charge in [0.15, 0.2) is 5.11 Å². The Hall–Kier alpha value is -1.62. The monoisotopic (exact) mass is 331 g/mol. The summed E-state index contributed by atoms with van der Waals surface area (Å²) in [5.74, 6) is 0. The van der Waals surface area contributed by atoms with Crippen LogP contribution in [0.15, 0.2) is 54.6 Å². The van der Waals surface area contributed by atoms with E-state index < -0.39 is 0 Å². The minimum atomic E-state index is -0.257. The van der Waals surface area contributed by atoms with E-state index in [2.05, 4.69) is 41.9 Å². The topological polar surface area (TPSA) is 27.3 Å². The summed E-state index contributed by atoms with van der Waals surface area (Å²) in [5.41, 5.74) is 5.50. The molecule has 0 aliphatic carbocycles. The molecule has 0 radical (unpaired) electrons.